The Morgan fingerprint density at radius 2 is 1.95 bits per heavy atom. The molecule has 2 rings (SSSR count). The molecule has 1 aromatic heterocycles. The molecule has 0 aromatic carbocycles. The van der Waals surface area contributed by atoms with Crippen molar-refractivity contribution in [1.29, 1.82) is 0 Å². The van der Waals surface area contributed by atoms with Gasteiger partial charge in [-0.2, -0.15) is 0 Å². The Balaban J connectivity index is 2.18. The molecule has 1 aromatic rings. The van der Waals surface area contributed by atoms with Gasteiger partial charge in [-0.15, -0.1) is 11.3 Å². The first-order valence-corrected chi connectivity index (χ1v) is 7.94. The van der Waals surface area contributed by atoms with E-state index in [1.165, 1.54) is 4.88 Å². The molecule has 0 spiro atoms. The molecule has 5 heteroatoms. The van der Waals surface area contributed by atoms with Gasteiger partial charge in [-0.3, -0.25) is 9.59 Å². The number of carbonyl (C=O) groups is 2. The summed E-state index contributed by atoms with van der Waals surface area (Å²) in [6.07, 6.45) is 1.00. The summed E-state index contributed by atoms with van der Waals surface area (Å²) >= 11 is 1.72. The number of hydrogen-bond acceptors (Lipinski definition) is 3. The molecule has 1 N–H and O–H groups in total. The van der Waals surface area contributed by atoms with E-state index in [1.807, 2.05) is 13.8 Å². The van der Waals surface area contributed by atoms with E-state index in [4.69, 9.17) is 0 Å². The van der Waals surface area contributed by atoms with Crippen LogP contribution in [0.4, 0.5) is 0 Å². The number of nitrogens with one attached hydrogen (secondary N) is 1. The van der Waals surface area contributed by atoms with Crippen LogP contribution in [0.25, 0.3) is 0 Å². The van der Waals surface area contributed by atoms with Crippen molar-refractivity contribution in [1.82, 2.24) is 10.2 Å². The van der Waals surface area contributed by atoms with Crippen molar-refractivity contribution in [3.63, 3.8) is 0 Å². The Bertz CT molecular complexity index is 510. The van der Waals surface area contributed by atoms with E-state index in [0.717, 1.165) is 11.3 Å². The fourth-order valence-electron chi connectivity index (χ4n) is 2.38. The minimum Gasteiger partial charge on any atom is -0.342 e. The first kappa shape index (κ1) is 15.0. The van der Waals surface area contributed by atoms with Crippen LogP contribution in [0.15, 0.2) is 12.1 Å². The van der Waals surface area contributed by atoms with E-state index >= 15 is 0 Å². The summed E-state index contributed by atoms with van der Waals surface area (Å²) in [4.78, 5) is 28.7. The van der Waals surface area contributed by atoms with Gasteiger partial charge in [-0.1, -0.05) is 20.8 Å². The third-order valence-corrected chi connectivity index (χ3v) is 4.97. The van der Waals surface area contributed by atoms with Gasteiger partial charge in [-0.05, 0) is 31.4 Å². The van der Waals surface area contributed by atoms with E-state index in [-0.39, 0.29) is 17.7 Å². The number of carbonyl (C=O) groups excluding carboxylic acids is 2. The van der Waals surface area contributed by atoms with Crippen LogP contribution >= 0.6 is 11.3 Å². The van der Waals surface area contributed by atoms with Crippen molar-refractivity contribution in [3.05, 3.63) is 21.9 Å². The van der Waals surface area contributed by atoms with Crippen molar-refractivity contribution in [2.75, 3.05) is 0 Å². The third-order valence-electron chi connectivity index (χ3n) is 3.75. The summed E-state index contributed by atoms with van der Waals surface area (Å²) < 4.78 is 0. The number of amides is 2. The van der Waals surface area contributed by atoms with E-state index in [1.54, 1.807) is 23.2 Å². The van der Waals surface area contributed by atoms with Crippen LogP contribution in [0.3, 0.4) is 0 Å². The highest BCUT2D eigenvalue weighted by molar-refractivity contribution is 7.11. The van der Waals surface area contributed by atoms with Crippen LogP contribution < -0.4 is 5.32 Å². The van der Waals surface area contributed by atoms with Crippen molar-refractivity contribution >= 4 is 23.2 Å². The second kappa shape index (κ2) is 5.95. The maximum atomic E-state index is 12.5. The van der Waals surface area contributed by atoms with E-state index in [0.29, 0.717) is 6.54 Å². The Morgan fingerprint density at radius 3 is 2.50 bits per heavy atom. The van der Waals surface area contributed by atoms with Crippen LogP contribution in [0.2, 0.25) is 0 Å². The van der Waals surface area contributed by atoms with Gasteiger partial charge in [-0.25, -0.2) is 0 Å². The van der Waals surface area contributed by atoms with Crippen LogP contribution in [-0.4, -0.2) is 28.8 Å². The molecule has 0 bridgehead atoms. The molecule has 1 aliphatic rings. The average molecular weight is 294 g/mol. The molecule has 0 saturated carbocycles. The monoisotopic (exact) mass is 294 g/mol. The Morgan fingerprint density at radius 1 is 1.30 bits per heavy atom. The summed E-state index contributed by atoms with van der Waals surface area (Å²) in [6.45, 7) is 8.35. The van der Waals surface area contributed by atoms with Gasteiger partial charge in [0.15, 0.2) is 0 Å². The Hall–Kier alpha value is -1.36. The largest absolute Gasteiger partial charge is 0.342 e. The highest BCUT2D eigenvalue weighted by Crippen LogP contribution is 2.23. The Labute approximate surface area is 124 Å². The molecule has 2 amide bonds. The summed E-state index contributed by atoms with van der Waals surface area (Å²) in [5, 5.41) is 2.82. The molecule has 1 saturated heterocycles. The lowest BCUT2D eigenvalue weighted by Crippen LogP contribution is -2.63. The molecule has 0 aliphatic carbocycles. The van der Waals surface area contributed by atoms with Crippen LogP contribution in [0.1, 0.15) is 37.4 Å². The number of piperazine rings is 1. The normalized spacial score (nSPS) is 23.4. The zero-order valence-corrected chi connectivity index (χ0v) is 13.3. The second-order valence-electron chi connectivity index (χ2n) is 5.59. The maximum absolute atomic E-state index is 12.5. The highest BCUT2D eigenvalue weighted by atomic mass is 32.1. The van der Waals surface area contributed by atoms with Gasteiger partial charge >= 0.3 is 0 Å². The zero-order valence-electron chi connectivity index (χ0n) is 12.5. The highest BCUT2D eigenvalue weighted by Gasteiger charge is 2.39. The summed E-state index contributed by atoms with van der Waals surface area (Å²) in [5.41, 5.74) is 0. The van der Waals surface area contributed by atoms with Gasteiger partial charge in [0.2, 0.25) is 11.8 Å². The summed E-state index contributed by atoms with van der Waals surface area (Å²) in [5.74, 6) is 0.0742. The van der Waals surface area contributed by atoms with Crippen LogP contribution in [-0.2, 0) is 22.6 Å². The number of aryl methyl sites for hydroxylation is 1. The first-order chi connectivity index (χ1) is 9.43. The molecule has 2 heterocycles. The topological polar surface area (TPSA) is 49.4 Å². The minimum absolute atomic E-state index is 0.0264. The van der Waals surface area contributed by atoms with Gasteiger partial charge in [0.1, 0.15) is 12.1 Å². The molecule has 1 aliphatic heterocycles. The zero-order chi connectivity index (χ0) is 14.9. The van der Waals surface area contributed by atoms with Crippen molar-refractivity contribution in [2.24, 2.45) is 5.92 Å². The average Bonchev–Trinajstić information content (AvgIpc) is 2.86. The molecular formula is C15H22N2O2S. The van der Waals surface area contributed by atoms with E-state index in [9.17, 15) is 9.59 Å². The standard InChI is InChI=1S/C15H22N2O2S/c1-5-11-6-7-12(20-11)8-17-10(4)14(18)16-13(9(2)3)15(17)19/h6-7,9-10,13H,5,8H2,1-4H3,(H,16,18). The SMILES string of the molecule is CCc1ccc(CN2C(=O)C(C(C)C)NC(=O)C2C)s1. The number of rotatable bonds is 4. The predicted molar refractivity (Wildman–Crippen MR) is 80.5 cm³/mol. The van der Waals surface area contributed by atoms with E-state index < -0.39 is 12.1 Å². The number of nitrogens with zero attached hydrogens (tertiary/aromatic N) is 1. The van der Waals surface area contributed by atoms with Crippen molar-refractivity contribution in [3.8, 4) is 0 Å². The molecule has 2 atom stereocenters. The number of hydrogen-bond donors (Lipinski definition) is 1. The van der Waals surface area contributed by atoms with Crippen molar-refractivity contribution in [2.45, 2.75) is 52.7 Å². The molecule has 4 nitrogen and oxygen atoms in total. The minimum atomic E-state index is -0.399. The number of thiophene rings is 1. The fraction of sp³-hybridized carbons (Fsp3) is 0.600. The van der Waals surface area contributed by atoms with Crippen molar-refractivity contribution < 1.29 is 9.59 Å². The van der Waals surface area contributed by atoms with Gasteiger partial charge in [0, 0.05) is 9.75 Å². The van der Waals surface area contributed by atoms with E-state index in [2.05, 4.69) is 24.4 Å². The summed E-state index contributed by atoms with van der Waals surface area (Å²) in [6, 6.07) is 3.36. The smallest absolute Gasteiger partial charge is 0.246 e. The van der Waals surface area contributed by atoms with Gasteiger partial charge in [0.25, 0.3) is 0 Å². The second-order valence-corrected chi connectivity index (χ2v) is 6.85. The lowest BCUT2D eigenvalue weighted by molar-refractivity contribution is -0.150. The molecule has 2 unspecified atom stereocenters. The fourth-order valence-corrected chi connectivity index (χ4v) is 3.34. The Kier molecular flexibility index (Phi) is 4.48. The quantitative estimate of drug-likeness (QED) is 0.925. The lowest BCUT2D eigenvalue weighted by atomic mass is 9.98. The predicted octanol–water partition coefficient (Wildman–Crippen LogP) is 2.18. The molecule has 0 radical (unpaired) electrons. The summed E-state index contributed by atoms with van der Waals surface area (Å²) in [7, 11) is 0. The maximum Gasteiger partial charge on any atom is 0.246 e. The molecule has 20 heavy (non-hydrogen) atoms. The third kappa shape index (κ3) is 2.87. The first-order valence-electron chi connectivity index (χ1n) is 7.12. The van der Waals surface area contributed by atoms with Gasteiger partial charge < -0.3 is 10.2 Å². The lowest BCUT2D eigenvalue weighted by Gasteiger charge is -2.38. The molecule has 110 valence electrons. The van der Waals surface area contributed by atoms with Gasteiger partial charge in [0.05, 0.1) is 6.54 Å². The van der Waals surface area contributed by atoms with Crippen LogP contribution in [0, 0.1) is 5.92 Å². The molecule has 1 fully saturated rings. The van der Waals surface area contributed by atoms with Crippen LogP contribution in [0.5, 0.6) is 0 Å². The molecular weight excluding hydrogens is 272 g/mol.